The number of primary amides is 1. The summed E-state index contributed by atoms with van der Waals surface area (Å²) in [7, 11) is 3.16. The molecule has 0 radical (unpaired) electrons. The van der Waals surface area contributed by atoms with Crippen molar-refractivity contribution in [3.05, 3.63) is 45.7 Å². The van der Waals surface area contributed by atoms with E-state index < -0.39 is 57.5 Å². The van der Waals surface area contributed by atoms with Gasteiger partial charge >= 0.3 is 0 Å². The predicted octanol–water partition coefficient (Wildman–Crippen LogP) is 1.49. The molecule has 1 saturated carbocycles. The third-order valence-electron chi connectivity index (χ3n) is 8.75. The van der Waals surface area contributed by atoms with Crippen molar-refractivity contribution in [3.63, 3.8) is 0 Å². The first-order valence-electron chi connectivity index (χ1n) is 12.9. The Morgan fingerprint density at radius 3 is 2.47 bits per heavy atom. The van der Waals surface area contributed by atoms with Crippen LogP contribution in [0.4, 0.5) is 0 Å². The van der Waals surface area contributed by atoms with E-state index in [2.05, 4.69) is 19.2 Å². The first kappa shape index (κ1) is 27.8. The number of ketones is 2. The number of amides is 1. The Hall–Kier alpha value is -3.21. The molecule has 1 amide bonds. The van der Waals surface area contributed by atoms with Gasteiger partial charge in [0.1, 0.15) is 22.8 Å². The maximum Gasteiger partial charge on any atom is 0.255 e. The number of aliphatic hydroxyl groups is 3. The fraction of sp³-hybridized carbons (Fsp3) is 0.536. The Labute approximate surface area is 221 Å². The molecule has 10 nitrogen and oxygen atoms in total. The van der Waals surface area contributed by atoms with Gasteiger partial charge in [-0.3, -0.25) is 19.3 Å². The molecule has 1 aromatic carbocycles. The molecule has 0 aromatic heterocycles. The van der Waals surface area contributed by atoms with Gasteiger partial charge in [0.15, 0.2) is 11.4 Å². The number of carbonyl (C=O) groups is 3. The number of aliphatic hydroxyl groups excluding tert-OH is 2. The third-order valence-corrected chi connectivity index (χ3v) is 8.75. The molecule has 0 aliphatic heterocycles. The summed E-state index contributed by atoms with van der Waals surface area (Å²) in [6.45, 7) is 7.05. The van der Waals surface area contributed by atoms with Crippen LogP contribution in [0.25, 0.3) is 5.76 Å². The van der Waals surface area contributed by atoms with Crippen LogP contribution < -0.4 is 11.1 Å². The van der Waals surface area contributed by atoms with Crippen molar-refractivity contribution in [1.29, 1.82) is 0 Å². The number of benzene rings is 1. The van der Waals surface area contributed by atoms with Gasteiger partial charge in [0, 0.05) is 17.5 Å². The van der Waals surface area contributed by atoms with E-state index in [-0.39, 0.29) is 29.7 Å². The van der Waals surface area contributed by atoms with E-state index in [1.54, 1.807) is 20.2 Å². The molecule has 1 fully saturated rings. The Morgan fingerprint density at radius 2 is 1.89 bits per heavy atom. The minimum atomic E-state index is -2.69. The summed E-state index contributed by atoms with van der Waals surface area (Å²) in [4.78, 5) is 41.0. The highest BCUT2D eigenvalue weighted by Crippen LogP contribution is 2.58. The molecule has 5 atom stereocenters. The number of carbonyl (C=O) groups excluding carboxylic acids is 3. The Kier molecular flexibility index (Phi) is 6.97. The molecular weight excluding hydrogens is 490 g/mol. The standard InChI is InChI=1S/C28H37N3O7/c1-6-13(2)11-30-12-14-7-8-17(32)19-16(14)9-15-10-27(3)23(31(4)5)22(34)20(26(29)37)25(36)28(27,38)24(35)18(15)21(19)33/h7-8,13,15,23,30,32-33,36,38H,6,9-12H2,1-5H3,(H2,29,37)/t13?,15-,23+,27-,28-/m0/s1. The zero-order valence-corrected chi connectivity index (χ0v) is 22.5. The summed E-state index contributed by atoms with van der Waals surface area (Å²) >= 11 is 0. The second-order valence-electron chi connectivity index (χ2n) is 11.4. The van der Waals surface area contributed by atoms with Crippen LogP contribution in [-0.4, -0.2) is 75.1 Å². The summed E-state index contributed by atoms with van der Waals surface area (Å²) in [5.41, 5.74) is 1.80. The van der Waals surface area contributed by atoms with E-state index in [4.69, 9.17) is 5.73 Å². The molecule has 38 heavy (non-hydrogen) atoms. The van der Waals surface area contributed by atoms with Gasteiger partial charge < -0.3 is 31.5 Å². The quantitative estimate of drug-likeness (QED) is 0.287. The van der Waals surface area contributed by atoms with Crippen molar-refractivity contribution in [2.75, 3.05) is 20.6 Å². The highest BCUT2D eigenvalue weighted by molar-refractivity contribution is 6.25. The Bertz CT molecular complexity index is 1280. The van der Waals surface area contributed by atoms with E-state index >= 15 is 0 Å². The van der Waals surface area contributed by atoms with Crippen molar-refractivity contribution in [3.8, 4) is 5.75 Å². The summed E-state index contributed by atoms with van der Waals surface area (Å²) in [5, 5.41) is 48.4. The molecule has 1 unspecified atom stereocenters. The molecule has 206 valence electrons. The molecular formula is C28H37N3O7. The molecule has 0 bridgehead atoms. The highest BCUT2D eigenvalue weighted by Gasteiger charge is 2.70. The van der Waals surface area contributed by atoms with Crippen molar-refractivity contribution in [2.45, 2.75) is 58.2 Å². The Balaban J connectivity index is 1.89. The fourth-order valence-electron chi connectivity index (χ4n) is 6.65. The topological polar surface area (TPSA) is 173 Å². The maximum atomic E-state index is 14.0. The number of nitrogens with zero attached hydrogens (tertiary/aromatic N) is 1. The van der Waals surface area contributed by atoms with Gasteiger partial charge in [-0.05, 0) is 62.5 Å². The van der Waals surface area contributed by atoms with Gasteiger partial charge in [-0.25, -0.2) is 0 Å². The van der Waals surface area contributed by atoms with Gasteiger partial charge in [-0.15, -0.1) is 0 Å². The maximum absolute atomic E-state index is 14.0. The van der Waals surface area contributed by atoms with Crippen LogP contribution in [0.1, 0.15) is 50.3 Å². The number of Topliss-reactive ketones (excluding diaryl/α,β-unsaturated/α-hetero) is 2. The average Bonchev–Trinajstić information content (AvgIpc) is 2.82. The molecule has 0 spiro atoms. The normalized spacial score (nSPS) is 29.8. The summed E-state index contributed by atoms with van der Waals surface area (Å²) in [6.07, 6.45) is 1.32. The number of likely N-dealkylation sites (N-methyl/N-ethyl adjacent to an activating group) is 1. The number of nitrogens with two attached hydrogens (primary N) is 1. The van der Waals surface area contributed by atoms with E-state index in [0.717, 1.165) is 18.5 Å². The lowest BCUT2D eigenvalue weighted by atomic mass is 9.50. The number of hydrogen-bond acceptors (Lipinski definition) is 9. The highest BCUT2D eigenvalue weighted by atomic mass is 16.3. The van der Waals surface area contributed by atoms with Crippen molar-refractivity contribution in [1.82, 2.24) is 10.2 Å². The molecule has 0 saturated heterocycles. The lowest BCUT2D eigenvalue weighted by Gasteiger charge is -2.57. The fourth-order valence-corrected chi connectivity index (χ4v) is 6.65. The second kappa shape index (κ2) is 9.52. The molecule has 1 aromatic rings. The lowest BCUT2D eigenvalue weighted by Crippen LogP contribution is -2.71. The van der Waals surface area contributed by atoms with Gasteiger partial charge in [-0.2, -0.15) is 0 Å². The van der Waals surface area contributed by atoms with Crippen LogP contribution in [0.15, 0.2) is 29.0 Å². The molecule has 3 aliphatic rings. The van der Waals surface area contributed by atoms with E-state index in [0.29, 0.717) is 18.0 Å². The minimum absolute atomic E-state index is 0.0359. The van der Waals surface area contributed by atoms with Crippen LogP contribution in [0.3, 0.4) is 0 Å². The SMILES string of the molecule is CCC(C)CNCc1ccc(O)c2c1C[C@H]1C[C@@]3(C)[C@H](N(C)C)C(=O)C(C(N)=O)=C(O)[C@@]3(O)C(=O)C1=C2O. The second-order valence-corrected chi connectivity index (χ2v) is 11.4. The largest absolute Gasteiger partial charge is 0.508 e. The van der Waals surface area contributed by atoms with Gasteiger partial charge in [0.2, 0.25) is 5.78 Å². The molecule has 3 aliphatic carbocycles. The number of phenolic OH excluding ortho intramolecular Hbond substituents is 1. The van der Waals surface area contributed by atoms with Gasteiger partial charge in [0.25, 0.3) is 5.91 Å². The van der Waals surface area contributed by atoms with Crippen molar-refractivity contribution >= 4 is 23.2 Å². The summed E-state index contributed by atoms with van der Waals surface area (Å²) in [5.74, 6) is -5.01. The van der Waals surface area contributed by atoms with E-state index in [9.17, 15) is 34.8 Å². The average molecular weight is 528 g/mol. The van der Waals surface area contributed by atoms with Gasteiger partial charge in [0.05, 0.1) is 11.6 Å². The van der Waals surface area contributed by atoms with Crippen LogP contribution >= 0.6 is 0 Å². The number of fused-ring (bicyclic) bond motifs is 3. The molecule has 10 heteroatoms. The van der Waals surface area contributed by atoms with E-state index in [1.807, 2.05) is 0 Å². The van der Waals surface area contributed by atoms with Gasteiger partial charge in [-0.1, -0.05) is 33.3 Å². The first-order chi connectivity index (χ1) is 17.7. The van der Waals surface area contributed by atoms with Crippen LogP contribution in [0.5, 0.6) is 5.75 Å². The Morgan fingerprint density at radius 1 is 1.24 bits per heavy atom. The third kappa shape index (κ3) is 3.77. The smallest absolute Gasteiger partial charge is 0.255 e. The number of aromatic hydroxyl groups is 1. The van der Waals surface area contributed by atoms with Crippen molar-refractivity contribution < 1.29 is 34.8 Å². The number of nitrogens with one attached hydrogen (secondary N) is 1. The van der Waals surface area contributed by atoms with Crippen LogP contribution in [0.2, 0.25) is 0 Å². The summed E-state index contributed by atoms with van der Waals surface area (Å²) in [6, 6.07) is 2.08. The van der Waals surface area contributed by atoms with E-state index in [1.165, 1.54) is 17.9 Å². The number of hydrogen-bond donors (Lipinski definition) is 6. The zero-order valence-electron chi connectivity index (χ0n) is 22.5. The predicted molar refractivity (Wildman–Crippen MR) is 140 cm³/mol. The van der Waals surface area contributed by atoms with Crippen molar-refractivity contribution in [2.24, 2.45) is 23.0 Å². The van der Waals surface area contributed by atoms with Crippen LogP contribution in [-0.2, 0) is 27.3 Å². The van der Waals surface area contributed by atoms with Crippen LogP contribution in [0, 0.1) is 17.3 Å². The molecule has 7 N–H and O–H groups in total. The molecule has 4 rings (SSSR count). The molecule has 0 heterocycles. The lowest BCUT2D eigenvalue weighted by molar-refractivity contribution is -0.171. The monoisotopic (exact) mass is 527 g/mol. The minimum Gasteiger partial charge on any atom is -0.508 e. The zero-order chi connectivity index (χ0) is 28.3. The summed E-state index contributed by atoms with van der Waals surface area (Å²) < 4.78 is 0. The first-order valence-corrected chi connectivity index (χ1v) is 12.9. The number of rotatable bonds is 7. The number of phenols is 1.